The molecule has 3 rings (SSSR count). The predicted molar refractivity (Wildman–Crippen MR) is 102 cm³/mol. The molecule has 1 amide bonds. The summed E-state index contributed by atoms with van der Waals surface area (Å²) in [7, 11) is 0. The van der Waals surface area contributed by atoms with E-state index >= 15 is 0 Å². The Morgan fingerprint density at radius 1 is 1.07 bits per heavy atom. The van der Waals surface area contributed by atoms with Crippen molar-refractivity contribution in [3.8, 4) is 0 Å². The lowest BCUT2D eigenvalue weighted by Gasteiger charge is -2.28. The van der Waals surface area contributed by atoms with Crippen LogP contribution < -0.4 is 0 Å². The van der Waals surface area contributed by atoms with Crippen molar-refractivity contribution in [3.05, 3.63) is 76.6 Å². The van der Waals surface area contributed by atoms with E-state index in [0.29, 0.717) is 37.1 Å². The lowest BCUT2D eigenvalue weighted by molar-refractivity contribution is -0.176. The Bertz CT molecular complexity index is 865. The topological polar surface area (TPSA) is 29.5 Å². The van der Waals surface area contributed by atoms with Gasteiger partial charge in [0.15, 0.2) is 0 Å². The minimum Gasteiger partial charge on any atom is -0.367 e. The number of hydrogen-bond donors (Lipinski definition) is 0. The summed E-state index contributed by atoms with van der Waals surface area (Å²) in [6.45, 7) is -0.328. The number of benzene rings is 2. The Morgan fingerprint density at radius 2 is 1.76 bits per heavy atom. The van der Waals surface area contributed by atoms with Gasteiger partial charge in [0.25, 0.3) is 5.91 Å². The molecule has 2 aromatic carbocycles. The van der Waals surface area contributed by atoms with E-state index in [-0.39, 0.29) is 18.3 Å². The Labute approximate surface area is 166 Å². The Kier molecular flexibility index (Phi) is 6.69. The van der Waals surface area contributed by atoms with Gasteiger partial charge in [-0.05, 0) is 48.2 Å². The van der Waals surface area contributed by atoms with Crippen molar-refractivity contribution in [2.24, 2.45) is 0 Å². The number of alkyl halides is 3. The van der Waals surface area contributed by atoms with Gasteiger partial charge in [0.2, 0.25) is 0 Å². The summed E-state index contributed by atoms with van der Waals surface area (Å²) >= 11 is 0. The number of carbonyl (C=O) groups excluding carboxylic acids is 1. The summed E-state index contributed by atoms with van der Waals surface area (Å²) in [6, 6.07) is 12.8. The summed E-state index contributed by atoms with van der Waals surface area (Å²) in [5.41, 5.74) is 3.03. The second-order valence-corrected chi connectivity index (χ2v) is 6.95. The van der Waals surface area contributed by atoms with Gasteiger partial charge in [-0.2, -0.15) is 13.2 Å². The smallest absolute Gasteiger partial charge is 0.367 e. The average Bonchev–Trinajstić information content (AvgIpc) is 2.68. The zero-order valence-corrected chi connectivity index (χ0v) is 15.7. The molecule has 0 atom stereocenters. The van der Waals surface area contributed by atoms with Gasteiger partial charge in [0, 0.05) is 18.7 Å². The van der Waals surface area contributed by atoms with Gasteiger partial charge in [0.1, 0.15) is 12.4 Å². The summed E-state index contributed by atoms with van der Waals surface area (Å²) in [6.07, 6.45) is -0.968. The fourth-order valence-electron chi connectivity index (χ4n) is 3.18. The van der Waals surface area contributed by atoms with Crippen LogP contribution in [0.25, 0.3) is 6.08 Å². The third-order valence-corrected chi connectivity index (χ3v) is 4.65. The largest absolute Gasteiger partial charge is 0.411 e. The van der Waals surface area contributed by atoms with Crippen LogP contribution in [-0.2, 0) is 11.3 Å². The van der Waals surface area contributed by atoms with E-state index in [0.717, 1.165) is 11.1 Å². The van der Waals surface area contributed by atoms with Crippen molar-refractivity contribution >= 4 is 12.0 Å². The number of piperidine rings is 1. The summed E-state index contributed by atoms with van der Waals surface area (Å²) in [5.74, 6) is -0.392. The normalized spacial score (nSPS) is 14.8. The molecule has 1 heterocycles. The second kappa shape index (κ2) is 9.22. The molecule has 0 bridgehead atoms. The highest BCUT2D eigenvalue weighted by molar-refractivity contribution is 5.94. The standard InChI is InChI=1S/C22H21F4NO2/c23-20-3-1-2-18(13-20)12-16-8-10-27(11-9-16)21(28)19-6-4-17(5-7-19)14-29-15-22(24,25)26/h1-7,12-13H,8-11,14-15H2. The minimum absolute atomic E-state index is 0.113. The highest BCUT2D eigenvalue weighted by atomic mass is 19.4. The molecular weight excluding hydrogens is 386 g/mol. The summed E-state index contributed by atoms with van der Waals surface area (Å²) < 4.78 is 54.2. The van der Waals surface area contributed by atoms with E-state index in [1.54, 1.807) is 35.2 Å². The van der Waals surface area contributed by atoms with E-state index in [9.17, 15) is 22.4 Å². The lowest BCUT2D eigenvalue weighted by Crippen LogP contribution is -2.36. The first-order valence-electron chi connectivity index (χ1n) is 9.28. The SMILES string of the molecule is O=C(c1ccc(COCC(F)(F)F)cc1)N1CCC(=Cc2cccc(F)c2)CC1. The maximum absolute atomic E-state index is 13.3. The van der Waals surface area contributed by atoms with E-state index in [4.69, 9.17) is 0 Å². The number of amides is 1. The molecule has 154 valence electrons. The molecule has 0 aliphatic carbocycles. The molecule has 1 aliphatic rings. The van der Waals surface area contributed by atoms with Crippen LogP contribution in [0.5, 0.6) is 0 Å². The van der Waals surface area contributed by atoms with Gasteiger partial charge in [-0.25, -0.2) is 4.39 Å². The average molecular weight is 407 g/mol. The molecule has 3 nitrogen and oxygen atoms in total. The first-order valence-corrected chi connectivity index (χ1v) is 9.28. The van der Waals surface area contributed by atoms with Gasteiger partial charge in [0.05, 0.1) is 6.61 Å². The molecule has 2 aromatic rings. The second-order valence-electron chi connectivity index (χ2n) is 6.95. The van der Waals surface area contributed by atoms with E-state index in [1.165, 1.54) is 12.1 Å². The molecule has 1 saturated heterocycles. The number of halogens is 4. The van der Waals surface area contributed by atoms with Gasteiger partial charge in [-0.3, -0.25) is 4.79 Å². The highest BCUT2D eigenvalue weighted by Gasteiger charge is 2.27. The molecular formula is C22H21F4NO2. The first-order chi connectivity index (χ1) is 13.8. The minimum atomic E-state index is -4.36. The zero-order chi connectivity index (χ0) is 20.9. The van der Waals surface area contributed by atoms with Crippen LogP contribution in [0.2, 0.25) is 0 Å². The number of nitrogens with zero attached hydrogens (tertiary/aromatic N) is 1. The van der Waals surface area contributed by atoms with Gasteiger partial charge in [-0.1, -0.05) is 35.9 Å². The fraction of sp³-hybridized carbons (Fsp3) is 0.318. The monoisotopic (exact) mass is 407 g/mol. The molecule has 7 heteroatoms. The maximum Gasteiger partial charge on any atom is 0.411 e. The molecule has 0 unspecified atom stereocenters. The highest BCUT2D eigenvalue weighted by Crippen LogP contribution is 2.22. The predicted octanol–water partition coefficient (Wildman–Crippen LogP) is 5.22. The van der Waals surface area contributed by atoms with E-state index < -0.39 is 12.8 Å². The van der Waals surface area contributed by atoms with Crippen molar-refractivity contribution in [2.45, 2.75) is 25.6 Å². The van der Waals surface area contributed by atoms with Crippen LogP contribution in [-0.4, -0.2) is 36.7 Å². The van der Waals surface area contributed by atoms with Gasteiger partial charge in [-0.15, -0.1) is 0 Å². The third-order valence-electron chi connectivity index (χ3n) is 4.65. The number of carbonyl (C=O) groups is 1. The summed E-state index contributed by atoms with van der Waals surface area (Å²) in [4.78, 5) is 14.4. The van der Waals surface area contributed by atoms with E-state index in [1.807, 2.05) is 12.1 Å². The van der Waals surface area contributed by atoms with Crippen LogP contribution >= 0.6 is 0 Å². The zero-order valence-electron chi connectivity index (χ0n) is 15.7. The Hall–Kier alpha value is -2.67. The van der Waals surface area contributed by atoms with Crippen LogP contribution in [0.4, 0.5) is 17.6 Å². The lowest BCUT2D eigenvalue weighted by atomic mass is 10.00. The van der Waals surface area contributed by atoms with Gasteiger partial charge >= 0.3 is 6.18 Å². The molecule has 29 heavy (non-hydrogen) atoms. The number of rotatable bonds is 5. The number of ether oxygens (including phenoxy) is 1. The molecule has 0 aromatic heterocycles. The van der Waals surface area contributed by atoms with Crippen LogP contribution in [0.3, 0.4) is 0 Å². The van der Waals surface area contributed by atoms with Crippen LogP contribution in [0.1, 0.15) is 34.3 Å². The van der Waals surface area contributed by atoms with Crippen molar-refractivity contribution in [2.75, 3.05) is 19.7 Å². The van der Waals surface area contributed by atoms with Crippen molar-refractivity contribution in [3.63, 3.8) is 0 Å². The van der Waals surface area contributed by atoms with Crippen LogP contribution in [0, 0.1) is 5.82 Å². The molecule has 0 N–H and O–H groups in total. The molecule has 1 fully saturated rings. The fourth-order valence-corrected chi connectivity index (χ4v) is 3.18. The molecule has 0 spiro atoms. The Balaban J connectivity index is 1.52. The Morgan fingerprint density at radius 3 is 2.38 bits per heavy atom. The van der Waals surface area contributed by atoms with Crippen molar-refractivity contribution in [1.82, 2.24) is 4.90 Å². The number of hydrogen-bond acceptors (Lipinski definition) is 2. The van der Waals surface area contributed by atoms with Crippen LogP contribution in [0.15, 0.2) is 54.1 Å². The third kappa shape index (κ3) is 6.42. The number of likely N-dealkylation sites (tertiary alicyclic amines) is 1. The van der Waals surface area contributed by atoms with Crippen molar-refractivity contribution < 1.29 is 27.1 Å². The van der Waals surface area contributed by atoms with Crippen molar-refractivity contribution in [1.29, 1.82) is 0 Å². The van der Waals surface area contributed by atoms with E-state index in [2.05, 4.69) is 4.74 Å². The maximum atomic E-state index is 13.3. The first kappa shape index (κ1) is 21.0. The van der Waals surface area contributed by atoms with Gasteiger partial charge < -0.3 is 9.64 Å². The quantitative estimate of drug-likeness (QED) is 0.636. The molecule has 0 radical (unpaired) electrons. The summed E-state index contributed by atoms with van der Waals surface area (Å²) in [5, 5.41) is 0. The molecule has 1 aliphatic heterocycles. The molecule has 0 saturated carbocycles.